The Bertz CT molecular complexity index is 1460. The first kappa shape index (κ1) is 22.6. The zero-order chi connectivity index (χ0) is 23.8. The molecule has 4 aromatic rings. The Kier molecular flexibility index (Phi) is 6.00. The van der Waals surface area contributed by atoms with Gasteiger partial charge >= 0.3 is 0 Å². The molecule has 0 aliphatic carbocycles. The summed E-state index contributed by atoms with van der Waals surface area (Å²) in [6.45, 7) is 0. The minimum Gasteiger partial charge on any atom is -0.454 e. The van der Waals surface area contributed by atoms with Gasteiger partial charge in [0.15, 0.2) is 23.2 Å². The molecule has 0 amide bonds. The number of benzene rings is 2. The summed E-state index contributed by atoms with van der Waals surface area (Å²) < 4.78 is 75.6. The summed E-state index contributed by atoms with van der Waals surface area (Å²) >= 11 is 6.09. The number of hydrogen-bond donors (Lipinski definition) is 1. The second-order valence-electron chi connectivity index (χ2n) is 6.76. The van der Waals surface area contributed by atoms with Gasteiger partial charge in [-0.1, -0.05) is 11.6 Å². The van der Waals surface area contributed by atoms with E-state index in [1.165, 1.54) is 0 Å². The predicted molar refractivity (Wildman–Crippen MR) is 115 cm³/mol. The number of hydrogen-bond acceptors (Lipinski definition) is 5. The van der Waals surface area contributed by atoms with E-state index >= 15 is 0 Å². The van der Waals surface area contributed by atoms with Crippen molar-refractivity contribution in [3.05, 3.63) is 83.4 Å². The van der Waals surface area contributed by atoms with E-state index in [9.17, 15) is 21.6 Å². The number of sulfonamides is 1. The van der Waals surface area contributed by atoms with Crippen LogP contribution < -0.4 is 9.46 Å². The fourth-order valence-corrected chi connectivity index (χ4v) is 4.16. The second-order valence-corrected chi connectivity index (χ2v) is 8.88. The van der Waals surface area contributed by atoms with Crippen LogP contribution in [0.15, 0.2) is 65.8 Å². The number of aryl methyl sites for hydroxylation is 1. The van der Waals surface area contributed by atoms with Crippen molar-refractivity contribution in [1.29, 1.82) is 0 Å². The van der Waals surface area contributed by atoms with Crippen LogP contribution in [0.2, 0.25) is 5.02 Å². The van der Waals surface area contributed by atoms with E-state index in [0.717, 1.165) is 12.1 Å². The molecule has 0 spiro atoms. The van der Waals surface area contributed by atoms with Crippen molar-refractivity contribution in [1.82, 2.24) is 14.8 Å². The third-order valence-corrected chi connectivity index (χ3v) is 6.08. The van der Waals surface area contributed by atoms with Gasteiger partial charge in [0.1, 0.15) is 11.6 Å². The lowest BCUT2D eigenvalue weighted by atomic mass is 10.1. The number of halogens is 4. The molecule has 0 aliphatic heterocycles. The summed E-state index contributed by atoms with van der Waals surface area (Å²) in [7, 11) is -2.70. The molecule has 0 radical (unpaired) electrons. The highest BCUT2D eigenvalue weighted by Gasteiger charge is 2.21. The van der Waals surface area contributed by atoms with E-state index in [-0.39, 0.29) is 11.5 Å². The third-order valence-electron chi connectivity index (χ3n) is 4.51. The molecule has 1 N–H and O–H groups in total. The largest absolute Gasteiger partial charge is 0.454 e. The number of nitrogens with one attached hydrogen (secondary N) is 1. The van der Waals surface area contributed by atoms with Crippen LogP contribution in [0.3, 0.4) is 0 Å². The van der Waals surface area contributed by atoms with E-state index in [4.69, 9.17) is 16.3 Å². The number of nitrogens with zero attached hydrogens (tertiary/aromatic N) is 3. The predicted octanol–water partition coefficient (Wildman–Crippen LogP) is 5.15. The Morgan fingerprint density at radius 2 is 1.76 bits per heavy atom. The number of aromatic nitrogens is 3. The molecule has 2 aromatic heterocycles. The van der Waals surface area contributed by atoms with E-state index in [2.05, 4.69) is 10.1 Å². The first-order valence-electron chi connectivity index (χ1n) is 9.23. The Balaban J connectivity index is 1.63. The molecule has 0 saturated heterocycles. The van der Waals surface area contributed by atoms with Gasteiger partial charge in [-0.15, -0.1) is 0 Å². The normalized spacial score (nSPS) is 11.4. The molecule has 0 saturated carbocycles. The summed E-state index contributed by atoms with van der Waals surface area (Å²) in [5, 5.41) is 4.51. The van der Waals surface area contributed by atoms with E-state index < -0.39 is 38.2 Å². The van der Waals surface area contributed by atoms with Gasteiger partial charge in [-0.25, -0.2) is 26.6 Å². The second kappa shape index (κ2) is 8.75. The summed E-state index contributed by atoms with van der Waals surface area (Å²) in [5.74, 6) is -3.91. The molecule has 7 nitrogen and oxygen atoms in total. The van der Waals surface area contributed by atoms with Gasteiger partial charge in [0.2, 0.25) is 0 Å². The van der Waals surface area contributed by atoms with Crippen molar-refractivity contribution in [2.45, 2.75) is 4.90 Å². The molecule has 2 heterocycles. The van der Waals surface area contributed by atoms with Gasteiger partial charge in [-0.05, 0) is 42.5 Å². The van der Waals surface area contributed by atoms with E-state index in [1.807, 2.05) is 4.72 Å². The maximum atomic E-state index is 14.8. The highest BCUT2D eigenvalue weighted by atomic mass is 35.5. The zero-order valence-electron chi connectivity index (χ0n) is 16.8. The lowest BCUT2D eigenvalue weighted by molar-refractivity contribution is 0.441. The Hall–Kier alpha value is -3.57. The quantitative estimate of drug-likeness (QED) is 0.401. The first-order valence-corrected chi connectivity index (χ1v) is 11.1. The van der Waals surface area contributed by atoms with Crippen molar-refractivity contribution in [3.8, 4) is 22.8 Å². The highest BCUT2D eigenvalue weighted by Crippen LogP contribution is 2.36. The molecule has 2 aromatic carbocycles. The van der Waals surface area contributed by atoms with Crippen LogP contribution in [0.1, 0.15) is 0 Å². The molecule has 170 valence electrons. The number of anilines is 1. The maximum absolute atomic E-state index is 14.8. The Morgan fingerprint density at radius 3 is 2.42 bits per heavy atom. The van der Waals surface area contributed by atoms with Crippen LogP contribution in [0.4, 0.5) is 19.0 Å². The van der Waals surface area contributed by atoms with Gasteiger partial charge in [0.25, 0.3) is 10.0 Å². The van der Waals surface area contributed by atoms with Gasteiger partial charge < -0.3 is 4.74 Å². The molecule has 0 atom stereocenters. The van der Waals surface area contributed by atoms with Crippen molar-refractivity contribution in [2.75, 3.05) is 4.72 Å². The minimum atomic E-state index is -4.42. The van der Waals surface area contributed by atoms with Crippen LogP contribution in [-0.4, -0.2) is 23.2 Å². The topological polar surface area (TPSA) is 86.1 Å². The van der Waals surface area contributed by atoms with Gasteiger partial charge in [0, 0.05) is 29.9 Å². The fourth-order valence-electron chi connectivity index (χ4n) is 2.96. The lowest BCUT2D eigenvalue weighted by Crippen LogP contribution is -2.15. The van der Waals surface area contributed by atoms with Crippen molar-refractivity contribution >= 4 is 27.4 Å². The molecule has 33 heavy (non-hydrogen) atoms. The van der Waals surface area contributed by atoms with Crippen LogP contribution in [0, 0.1) is 17.5 Å². The summed E-state index contributed by atoms with van der Waals surface area (Å²) in [6, 6.07) is 9.80. The first-order chi connectivity index (χ1) is 15.6. The number of ether oxygens (including phenoxy) is 1. The molecule has 0 unspecified atom stereocenters. The van der Waals surface area contributed by atoms with Crippen LogP contribution in [-0.2, 0) is 17.1 Å². The van der Waals surface area contributed by atoms with Gasteiger partial charge in [0.05, 0.1) is 16.8 Å². The SMILES string of the molecule is Cn1nccc1-c1cc(Cl)ccc1Oc1ccc(S(=O)(=O)Nc2ncc(F)cc2F)cc1F. The molecule has 0 fully saturated rings. The van der Waals surface area contributed by atoms with Crippen LogP contribution >= 0.6 is 11.6 Å². The maximum Gasteiger partial charge on any atom is 0.263 e. The Morgan fingerprint density at radius 1 is 1.00 bits per heavy atom. The smallest absolute Gasteiger partial charge is 0.263 e. The zero-order valence-corrected chi connectivity index (χ0v) is 18.3. The van der Waals surface area contributed by atoms with E-state index in [1.54, 1.807) is 42.2 Å². The standard InChI is InChI=1S/C21H14ClF3N4O3S/c1-29-18(6-7-27-29)15-8-12(22)2-4-19(15)32-20-5-3-14(10-16(20)24)33(30,31)28-21-17(25)9-13(23)11-26-21/h2-11H,1H3,(H,26,28). The monoisotopic (exact) mass is 494 g/mol. The molecular weight excluding hydrogens is 481 g/mol. The molecule has 0 aliphatic rings. The lowest BCUT2D eigenvalue weighted by Gasteiger charge is -2.14. The number of pyridine rings is 1. The van der Waals surface area contributed by atoms with Gasteiger partial charge in [-0.2, -0.15) is 5.10 Å². The van der Waals surface area contributed by atoms with E-state index in [0.29, 0.717) is 34.6 Å². The van der Waals surface area contributed by atoms with Crippen LogP contribution in [0.25, 0.3) is 11.3 Å². The summed E-state index contributed by atoms with van der Waals surface area (Å²) in [4.78, 5) is 2.84. The number of rotatable bonds is 6. The van der Waals surface area contributed by atoms with Crippen molar-refractivity contribution in [2.24, 2.45) is 7.05 Å². The summed E-state index contributed by atoms with van der Waals surface area (Å²) in [6.07, 6.45) is 2.22. The molecule has 4 rings (SSSR count). The summed E-state index contributed by atoms with van der Waals surface area (Å²) in [5.41, 5.74) is 1.20. The average Bonchev–Trinajstić information content (AvgIpc) is 3.18. The van der Waals surface area contributed by atoms with Crippen molar-refractivity contribution < 1.29 is 26.3 Å². The molecular formula is C21H14ClF3N4O3S. The molecule has 12 heteroatoms. The Labute approximate surface area is 191 Å². The highest BCUT2D eigenvalue weighted by molar-refractivity contribution is 7.92. The van der Waals surface area contributed by atoms with Crippen LogP contribution in [0.5, 0.6) is 11.5 Å². The molecule has 0 bridgehead atoms. The van der Waals surface area contributed by atoms with Crippen molar-refractivity contribution in [3.63, 3.8) is 0 Å². The average molecular weight is 495 g/mol. The fraction of sp³-hybridized carbons (Fsp3) is 0.0476. The van der Waals surface area contributed by atoms with Gasteiger partial charge in [-0.3, -0.25) is 9.40 Å². The third kappa shape index (κ3) is 4.78. The minimum absolute atomic E-state index is 0.258.